The van der Waals surface area contributed by atoms with E-state index in [1.165, 1.54) is 11.1 Å². The number of aromatic nitrogens is 2. The minimum absolute atomic E-state index is 0.0150. The molecule has 3 aromatic rings. The number of nitrogens with one attached hydrogen (secondary N) is 1. The van der Waals surface area contributed by atoms with Gasteiger partial charge in [-0.25, -0.2) is 0 Å². The lowest BCUT2D eigenvalue weighted by atomic mass is 9.98. The standard InChI is InChI=1S/C23H27N3O2/c1-17-21(15-26(25-17)14-20-16-27-23(2,3)28-20)24-22(18-10-6-4-7-11-18)19-12-8-5-9-13-19/h4-13,15,20,22,24H,14,16H2,1-3H3. The summed E-state index contributed by atoms with van der Waals surface area (Å²) in [7, 11) is 0. The van der Waals surface area contributed by atoms with Crippen molar-refractivity contribution in [3.05, 3.63) is 83.7 Å². The van der Waals surface area contributed by atoms with Crippen LogP contribution in [0.2, 0.25) is 0 Å². The number of hydrogen-bond donors (Lipinski definition) is 1. The molecule has 0 saturated carbocycles. The normalized spacial score (nSPS) is 18.5. The Bertz CT molecular complexity index is 867. The first-order chi connectivity index (χ1) is 13.5. The molecule has 2 aromatic carbocycles. The van der Waals surface area contributed by atoms with E-state index in [1.807, 2.05) is 37.6 Å². The largest absolute Gasteiger partial charge is 0.371 e. The van der Waals surface area contributed by atoms with Crippen LogP contribution in [0.4, 0.5) is 5.69 Å². The van der Waals surface area contributed by atoms with Crippen LogP contribution in [0.5, 0.6) is 0 Å². The highest BCUT2D eigenvalue weighted by atomic mass is 16.7. The van der Waals surface area contributed by atoms with E-state index in [0.717, 1.165) is 11.4 Å². The molecule has 0 bridgehead atoms. The van der Waals surface area contributed by atoms with Crippen LogP contribution in [0.3, 0.4) is 0 Å². The lowest BCUT2D eigenvalue weighted by Crippen LogP contribution is -2.24. The number of nitrogens with zero attached hydrogens (tertiary/aromatic N) is 2. The molecule has 0 amide bonds. The van der Waals surface area contributed by atoms with Gasteiger partial charge in [-0.15, -0.1) is 0 Å². The Balaban J connectivity index is 1.55. The van der Waals surface area contributed by atoms with Gasteiger partial charge in [-0.05, 0) is 31.9 Å². The second-order valence-electron chi connectivity index (χ2n) is 7.70. The van der Waals surface area contributed by atoms with Gasteiger partial charge in [-0.3, -0.25) is 4.68 Å². The molecule has 5 heteroatoms. The number of anilines is 1. The molecule has 28 heavy (non-hydrogen) atoms. The van der Waals surface area contributed by atoms with Crippen molar-refractivity contribution in [3.63, 3.8) is 0 Å². The first-order valence-electron chi connectivity index (χ1n) is 9.72. The van der Waals surface area contributed by atoms with Crippen LogP contribution in [0.25, 0.3) is 0 Å². The Morgan fingerprint density at radius 2 is 1.68 bits per heavy atom. The molecule has 1 aromatic heterocycles. The lowest BCUT2D eigenvalue weighted by molar-refractivity contribution is -0.139. The van der Waals surface area contributed by atoms with Crippen LogP contribution in [-0.4, -0.2) is 28.3 Å². The number of benzene rings is 2. The first-order valence-corrected chi connectivity index (χ1v) is 9.72. The van der Waals surface area contributed by atoms with E-state index in [1.54, 1.807) is 0 Å². The van der Waals surface area contributed by atoms with Crippen LogP contribution >= 0.6 is 0 Å². The topological polar surface area (TPSA) is 48.3 Å². The minimum atomic E-state index is -0.514. The van der Waals surface area contributed by atoms with Crippen molar-refractivity contribution in [1.82, 2.24) is 9.78 Å². The summed E-state index contributed by atoms with van der Waals surface area (Å²) in [6, 6.07) is 21.0. The van der Waals surface area contributed by atoms with E-state index in [9.17, 15) is 0 Å². The molecule has 0 spiro atoms. The number of ether oxygens (including phenoxy) is 2. The first kappa shape index (κ1) is 18.7. The summed E-state index contributed by atoms with van der Waals surface area (Å²) >= 11 is 0. The Morgan fingerprint density at radius 3 is 2.21 bits per heavy atom. The number of hydrogen-bond acceptors (Lipinski definition) is 4. The van der Waals surface area contributed by atoms with Crippen LogP contribution < -0.4 is 5.32 Å². The summed E-state index contributed by atoms with van der Waals surface area (Å²) in [5.74, 6) is -0.514. The van der Waals surface area contributed by atoms with Gasteiger partial charge in [0.05, 0.1) is 30.6 Å². The molecule has 1 N–H and O–H groups in total. The zero-order chi connectivity index (χ0) is 19.6. The van der Waals surface area contributed by atoms with Crippen molar-refractivity contribution in [2.75, 3.05) is 11.9 Å². The second kappa shape index (κ2) is 7.78. The van der Waals surface area contributed by atoms with Crippen molar-refractivity contribution < 1.29 is 9.47 Å². The summed E-state index contributed by atoms with van der Waals surface area (Å²) in [4.78, 5) is 0. The highest BCUT2D eigenvalue weighted by molar-refractivity contribution is 5.51. The van der Waals surface area contributed by atoms with Gasteiger partial charge in [0.1, 0.15) is 6.10 Å². The average molecular weight is 377 g/mol. The maximum Gasteiger partial charge on any atom is 0.163 e. The quantitative estimate of drug-likeness (QED) is 0.685. The fourth-order valence-corrected chi connectivity index (χ4v) is 3.62. The minimum Gasteiger partial charge on any atom is -0.371 e. The molecule has 1 fully saturated rings. The fourth-order valence-electron chi connectivity index (χ4n) is 3.62. The van der Waals surface area contributed by atoms with E-state index < -0.39 is 5.79 Å². The second-order valence-corrected chi connectivity index (χ2v) is 7.70. The number of rotatable bonds is 6. The molecular weight excluding hydrogens is 350 g/mol. The van der Waals surface area contributed by atoms with Crippen LogP contribution in [0.15, 0.2) is 66.9 Å². The van der Waals surface area contributed by atoms with Crippen molar-refractivity contribution >= 4 is 5.69 Å². The monoisotopic (exact) mass is 377 g/mol. The van der Waals surface area contributed by atoms with Crippen LogP contribution in [-0.2, 0) is 16.0 Å². The van der Waals surface area contributed by atoms with Crippen LogP contribution in [0, 0.1) is 6.92 Å². The summed E-state index contributed by atoms with van der Waals surface area (Å²) in [6.07, 6.45) is 2.07. The van der Waals surface area contributed by atoms with Crippen molar-refractivity contribution in [3.8, 4) is 0 Å². The third-order valence-corrected chi connectivity index (χ3v) is 4.97. The maximum absolute atomic E-state index is 5.92. The summed E-state index contributed by atoms with van der Waals surface area (Å²) in [6.45, 7) is 7.18. The van der Waals surface area contributed by atoms with E-state index in [0.29, 0.717) is 13.2 Å². The smallest absolute Gasteiger partial charge is 0.163 e. The molecule has 1 unspecified atom stereocenters. The molecule has 4 rings (SSSR count). The lowest BCUT2D eigenvalue weighted by Gasteiger charge is -2.20. The predicted molar refractivity (Wildman–Crippen MR) is 110 cm³/mol. The van der Waals surface area contributed by atoms with E-state index in [-0.39, 0.29) is 12.1 Å². The number of aryl methyl sites for hydroxylation is 1. The highest BCUT2D eigenvalue weighted by Crippen LogP contribution is 2.28. The molecular formula is C23H27N3O2. The van der Waals surface area contributed by atoms with Gasteiger partial charge in [-0.2, -0.15) is 5.10 Å². The van der Waals surface area contributed by atoms with Gasteiger partial charge in [-0.1, -0.05) is 60.7 Å². The van der Waals surface area contributed by atoms with Gasteiger partial charge in [0.15, 0.2) is 5.79 Å². The predicted octanol–water partition coefficient (Wildman–Crippen LogP) is 4.54. The zero-order valence-corrected chi connectivity index (χ0v) is 16.6. The molecule has 1 aliphatic rings. The summed E-state index contributed by atoms with van der Waals surface area (Å²) in [5.41, 5.74) is 4.43. The molecule has 0 aliphatic carbocycles. The Hall–Kier alpha value is -2.63. The van der Waals surface area contributed by atoms with E-state index >= 15 is 0 Å². The maximum atomic E-state index is 5.92. The van der Waals surface area contributed by atoms with Crippen molar-refractivity contribution in [2.24, 2.45) is 0 Å². The van der Waals surface area contributed by atoms with Crippen LogP contribution in [0.1, 0.15) is 36.7 Å². The SMILES string of the molecule is Cc1nn(CC2COC(C)(C)O2)cc1NC(c1ccccc1)c1ccccc1. The van der Waals surface area contributed by atoms with Gasteiger partial charge < -0.3 is 14.8 Å². The molecule has 2 heterocycles. The Labute approximate surface area is 166 Å². The van der Waals surface area contributed by atoms with Gasteiger partial charge in [0.25, 0.3) is 0 Å². The van der Waals surface area contributed by atoms with Gasteiger partial charge >= 0.3 is 0 Å². The summed E-state index contributed by atoms with van der Waals surface area (Å²) < 4.78 is 13.5. The molecule has 5 nitrogen and oxygen atoms in total. The molecule has 146 valence electrons. The summed E-state index contributed by atoms with van der Waals surface area (Å²) in [5, 5.41) is 8.37. The molecule has 1 aliphatic heterocycles. The third kappa shape index (κ3) is 4.26. The Kier molecular flexibility index (Phi) is 5.20. The van der Waals surface area contributed by atoms with Gasteiger partial charge in [0, 0.05) is 6.20 Å². The molecule has 1 saturated heterocycles. The van der Waals surface area contributed by atoms with Crippen molar-refractivity contribution in [2.45, 2.75) is 45.2 Å². The van der Waals surface area contributed by atoms with Crippen molar-refractivity contribution in [1.29, 1.82) is 0 Å². The average Bonchev–Trinajstić information content (AvgIpc) is 3.22. The zero-order valence-electron chi connectivity index (χ0n) is 16.6. The van der Waals surface area contributed by atoms with Gasteiger partial charge in [0.2, 0.25) is 0 Å². The fraction of sp³-hybridized carbons (Fsp3) is 0.348. The van der Waals surface area contributed by atoms with E-state index in [2.05, 4.69) is 65.1 Å². The van der Waals surface area contributed by atoms with E-state index in [4.69, 9.17) is 9.47 Å². The Morgan fingerprint density at radius 1 is 1.07 bits per heavy atom. The molecule has 0 radical (unpaired) electrons. The molecule has 1 atom stereocenters. The highest BCUT2D eigenvalue weighted by Gasteiger charge is 2.33. The third-order valence-electron chi connectivity index (χ3n) is 4.97.